The third-order valence-corrected chi connectivity index (χ3v) is 3.97. The lowest BCUT2D eigenvalue weighted by atomic mass is 10.1. The molecule has 0 spiro atoms. The molecule has 0 saturated carbocycles. The van der Waals surface area contributed by atoms with Crippen LogP contribution in [0.15, 0.2) is 72.8 Å². The van der Waals surface area contributed by atoms with Crippen LogP contribution in [0.5, 0.6) is 17.2 Å². The molecule has 0 aliphatic carbocycles. The molecule has 3 aromatic rings. The third-order valence-electron chi connectivity index (χ3n) is 3.97. The summed E-state index contributed by atoms with van der Waals surface area (Å²) in [5.74, 6) is 1.52. The first-order chi connectivity index (χ1) is 12.8. The summed E-state index contributed by atoms with van der Waals surface area (Å²) in [6.45, 7) is 3.48. The zero-order chi connectivity index (χ0) is 18.2. The number of benzene rings is 3. The van der Waals surface area contributed by atoms with Crippen molar-refractivity contribution in [1.29, 1.82) is 0 Å². The Balaban J connectivity index is 1.55. The molecule has 0 atom stereocenters. The first kappa shape index (κ1) is 17.7. The zero-order valence-corrected chi connectivity index (χ0v) is 14.8. The molecule has 0 aliphatic rings. The molecule has 0 saturated heterocycles. The van der Waals surface area contributed by atoms with Gasteiger partial charge in [-0.1, -0.05) is 42.5 Å². The normalized spacial score (nSPS) is 10.3. The average molecular weight is 349 g/mol. The highest BCUT2D eigenvalue weighted by atomic mass is 16.5. The summed E-state index contributed by atoms with van der Waals surface area (Å²) < 4.78 is 11.2. The van der Waals surface area contributed by atoms with Gasteiger partial charge >= 0.3 is 0 Å². The number of anilines is 1. The summed E-state index contributed by atoms with van der Waals surface area (Å²) in [6, 6.07) is 23.4. The lowest BCUT2D eigenvalue weighted by Crippen LogP contribution is -2.01. The van der Waals surface area contributed by atoms with E-state index in [4.69, 9.17) is 9.47 Å². The second kappa shape index (κ2) is 8.81. The van der Waals surface area contributed by atoms with E-state index < -0.39 is 0 Å². The Bertz CT molecular complexity index is 817. The van der Waals surface area contributed by atoms with Gasteiger partial charge in [-0.05, 0) is 42.8 Å². The van der Waals surface area contributed by atoms with Gasteiger partial charge in [0.25, 0.3) is 0 Å². The molecule has 4 heteroatoms. The summed E-state index contributed by atoms with van der Waals surface area (Å²) >= 11 is 0. The molecule has 0 radical (unpaired) electrons. The van der Waals surface area contributed by atoms with E-state index in [2.05, 4.69) is 5.32 Å². The van der Waals surface area contributed by atoms with Crippen molar-refractivity contribution in [3.05, 3.63) is 83.9 Å². The molecule has 3 rings (SSSR count). The van der Waals surface area contributed by atoms with E-state index in [-0.39, 0.29) is 5.75 Å². The van der Waals surface area contributed by atoms with Gasteiger partial charge in [0.15, 0.2) is 11.5 Å². The molecule has 26 heavy (non-hydrogen) atoms. The summed E-state index contributed by atoms with van der Waals surface area (Å²) in [7, 11) is 0. The maximum atomic E-state index is 10.2. The highest BCUT2D eigenvalue weighted by Gasteiger charge is 2.07. The lowest BCUT2D eigenvalue weighted by molar-refractivity contribution is 0.306. The number of para-hydroxylation sites is 1. The minimum absolute atomic E-state index is 0.185. The van der Waals surface area contributed by atoms with Crippen molar-refractivity contribution >= 4 is 5.69 Å². The molecular formula is C22H23NO3. The third kappa shape index (κ3) is 4.70. The Hall–Kier alpha value is -3.14. The second-order valence-corrected chi connectivity index (χ2v) is 5.85. The summed E-state index contributed by atoms with van der Waals surface area (Å²) in [5.41, 5.74) is 2.89. The Kier molecular flexibility index (Phi) is 5.99. The second-order valence-electron chi connectivity index (χ2n) is 5.85. The minimum Gasteiger partial charge on any atom is -0.504 e. The van der Waals surface area contributed by atoms with E-state index in [0.717, 1.165) is 22.6 Å². The smallest absolute Gasteiger partial charge is 0.162 e. The highest BCUT2D eigenvalue weighted by Crippen LogP contribution is 2.30. The van der Waals surface area contributed by atoms with Crippen molar-refractivity contribution in [3.8, 4) is 17.2 Å². The Morgan fingerprint density at radius 1 is 0.846 bits per heavy atom. The van der Waals surface area contributed by atoms with Gasteiger partial charge in [-0.15, -0.1) is 0 Å². The van der Waals surface area contributed by atoms with Gasteiger partial charge in [-0.3, -0.25) is 0 Å². The molecule has 0 aliphatic heterocycles. The van der Waals surface area contributed by atoms with Crippen molar-refractivity contribution in [2.75, 3.05) is 11.9 Å². The van der Waals surface area contributed by atoms with Crippen molar-refractivity contribution in [2.24, 2.45) is 0 Å². The number of nitrogens with one attached hydrogen (secondary N) is 1. The highest BCUT2D eigenvalue weighted by molar-refractivity contribution is 5.50. The molecule has 134 valence electrons. The average Bonchev–Trinajstić information content (AvgIpc) is 2.69. The summed E-state index contributed by atoms with van der Waals surface area (Å²) in [6.07, 6.45) is 0. The number of hydrogen-bond donors (Lipinski definition) is 2. The van der Waals surface area contributed by atoms with Crippen LogP contribution in [0.3, 0.4) is 0 Å². The molecule has 0 amide bonds. The van der Waals surface area contributed by atoms with Crippen LogP contribution in [0.2, 0.25) is 0 Å². The van der Waals surface area contributed by atoms with Gasteiger partial charge in [0.1, 0.15) is 12.4 Å². The van der Waals surface area contributed by atoms with E-state index >= 15 is 0 Å². The van der Waals surface area contributed by atoms with E-state index in [0.29, 0.717) is 25.5 Å². The number of aromatic hydroxyl groups is 1. The molecule has 0 heterocycles. The molecule has 0 aromatic heterocycles. The fraction of sp³-hybridized carbons (Fsp3) is 0.182. The SMILES string of the molecule is CCOc1cccc(CNc2ccc(OCc3ccccc3)cc2)c1O. The van der Waals surface area contributed by atoms with Crippen LogP contribution in [0.4, 0.5) is 5.69 Å². The number of phenolic OH excluding ortho intramolecular Hbond substituents is 1. The van der Waals surface area contributed by atoms with E-state index in [1.165, 1.54) is 0 Å². The summed E-state index contributed by atoms with van der Waals surface area (Å²) in [4.78, 5) is 0. The van der Waals surface area contributed by atoms with Crippen LogP contribution in [0, 0.1) is 0 Å². The van der Waals surface area contributed by atoms with Gasteiger partial charge < -0.3 is 19.9 Å². The van der Waals surface area contributed by atoms with Crippen LogP contribution >= 0.6 is 0 Å². The first-order valence-corrected chi connectivity index (χ1v) is 8.70. The molecular weight excluding hydrogens is 326 g/mol. The number of ether oxygens (including phenoxy) is 2. The van der Waals surface area contributed by atoms with Crippen LogP contribution in [0.25, 0.3) is 0 Å². The van der Waals surface area contributed by atoms with Crippen LogP contribution < -0.4 is 14.8 Å². The molecule has 0 unspecified atom stereocenters. The van der Waals surface area contributed by atoms with Crippen molar-refractivity contribution in [2.45, 2.75) is 20.1 Å². The van der Waals surface area contributed by atoms with Crippen molar-refractivity contribution in [1.82, 2.24) is 0 Å². The van der Waals surface area contributed by atoms with Crippen LogP contribution in [-0.2, 0) is 13.2 Å². The Labute approximate surface area is 154 Å². The topological polar surface area (TPSA) is 50.7 Å². The van der Waals surface area contributed by atoms with Crippen molar-refractivity contribution in [3.63, 3.8) is 0 Å². The minimum atomic E-state index is 0.185. The molecule has 4 nitrogen and oxygen atoms in total. The van der Waals surface area contributed by atoms with E-state index in [1.54, 1.807) is 6.07 Å². The largest absolute Gasteiger partial charge is 0.504 e. The molecule has 2 N–H and O–H groups in total. The Morgan fingerprint density at radius 3 is 2.35 bits per heavy atom. The van der Waals surface area contributed by atoms with Crippen LogP contribution in [-0.4, -0.2) is 11.7 Å². The molecule has 3 aromatic carbocycles. The first-order valence-electron chi connectivity index (χ1n) is 8.70. The van der Waals surface area contributed by atoms with Crippen molar-refractivity contribution < 1.29 is 14.6 Å². The van der Waals surface area contributed by atoms with Gasteiger partial charge in [0.05, 0.1) is 6.61 Å². The maximum absolute atomic E-state index is 10.2. The van der Waals surface area contributed by atoms with Gasteiger partial charge in [-0.2, -0.15) is 0 Å². The predicted octanol–water partition coefficient (Wildman–Crippen LogP) is 4.98. The molecule has 0 fully saturated rings. The zero-order valence-electron chi connectivity index (χ0n) is 14.8. The Morgan fingerprint density at radius 2 is 1.62 bits per heavy atom. The number of rotatable bonds is 8. The van der Waals surface area contributed by atoms with Gasteiger partial charge in [0, 0.05) is 17.8 Å². The quantitative estimate of drug-likeness (QED) is 0.602. The molecule has 0 bridgehead atoms. The summed E-state index contributed by atoms with van der Waals surface area (Å²) in [5, 5.41) is 13.5. The standard InChI is InChI=1S/C22H23NO3/c1-2-25-21-10-6-9-18(22(21)24)15-23-19-11-13-20(14-12-19)26-16-17-7-4-3-5-8-17/h3-14,23-24H,2,15-16H2,1H3. The van der Waals surface area contributed by atoms with E-state index in [9.17, 15) is 5.11 Å². The fourth-order valence-electron chi connectivity index (χ4n) is 2.59. The van der Waals surface area contributed by atoms with E-state index in [1.807, 2.05) is 73.7 Å². The lowest BCUT2D eigenvalue weighted by Gasteiger charge is -2.12. The fourth-order valence-corrected chi connectivity index (χ4v) is 2.59. The van der Waals surface area contributed by atoms with Gasteiger partial charge in [0.2, 0.25) is 0 Å². The monoisotopic (exact) mass is 349 g/mol. The maximum Gasteiger partial charge on any atom is 0.162 e. The predicted molar refractivity (Wildman–Crippen MR) is 104 cm³/mol. The number of phenols is 1. The van der Waals surface area contributed by atoms with Gasteiger partial charge in [-0.25, -0.2) is 0 Å². The number of hydrogen-bond acceptors (Lipinski definition) is 4. The van der Waals surface area contributed by atoms with Crippen LogP contribution in [0.1, 0.15) is 18.1 Å².